The summed E-state index contributed by atoms with van der Waals surface area (Å²) in [5.74, 6) is 0.437. The molecule has 0 bridgehead atoms. The molecule has 0 amide bonds. The predicted molar refractivity (Wildman–Crippen MR) is 73.4 cm³/mol. The van der Waals surface area contributed by atoms with Gasteiger partial charge in [0.05, 0.1) is 6.20 Å². The van der Waals surface area contributed by atoms with Crippen molar-refractivity contribution < 1.29 is 10.7 Å². The van der Waals surface area contributed by atoms with E-state index in [1.54, 1.807) is 19.3 Å². The maximum Gasteiger partial charge on any atom is 0.163 e. The van der Waals surface area contributed by atoms with Crippen molar-refractivity contribution in [3.8, 4) is 11.1 Å². The second-order valence-corrected chi connectivity index (χ2v) is 4.35. The number of benzene rings is 1. The molecule has 0 fully saturated rings. The van der Waals surface area contributed by atoms with Crippen LogP contribution in [0.2, 0.25) is 0 Å². The van der Waals surface area contributed by atoms with E-state index in [4.69, 9.17) is 5.73 Å². The molecule has 1 aromatic carbocycles. The van der Waals surface area contributed by atoms with Crippen molar-refractivity contribution in [3.63, 3.8) is 0 Å². The minimum Gasteiger partial charge on any atom is -0.384 e. The fourth-order valence-electron chi connectivity index (χ4n) is 1.94. The number of nitrogens with zero attached hydrogens (tertiary/aromatic N) is 3. The van der Waals surface area contributed by atoms with Crippen molar-refractivity contribution in [2.45, 2.75) is 6.92 Å². The Morgan fingerprint density at radius 1 is 1.42 bits per heavy atom. The van der Waals surface area contributed by atoms with Crippen molar-refractivity contribution in [3.05, 3.63) is 35.7 Å². The average molecular weight is 260 g/mol. The van der Waals surface area contributed by atoms with Crippen LogP contribution in [-0.4, -0.2) is 27.9 Å². The number of hydrogen-bond donors (Lipinski definition) is 3. The highest BCUT2D eigenvalue weighted by atomic mass is 16.5. The predicted octanol–water partition coefficient (Wildman–Crippen LogP) is 0.315. The van der Waals surface area contributed by atoms with E-state index >= 15 is 0 Å². The van der Waals surface area contributed by atoms with Crippen molar-refractivity contribution in [2.75, 3.05) is 7.05 Å². The normalized spacial score (nSPS) is 11.9. The molecule has 0 radical (unpaired) electrons. The lowest BCUT2D eigenvalue weighted by molar-refractivity contribution is -0.825. The van der Waals surface area contributed by atoms with Gasteiger partial charge in [0, 0.05) is 43.0 Å². The van der Waals surface area contributed by atoms with Gasteiger partial charge in [-0.2, -0.15) is 10.6 Å². The Kier molecular flexibility index (Phi) is 3.64. The molecule has 6 heteroatoms. The highest BCUT2D eigenvalue weighted by Crippen LogP contribution is 2.25. The van der Waals surface area contributed by atoms with Gasteiger partial charge in [-0.15, -0.1) is 0 Å². The minimum atomic E-state index is 0.437. The highest BCUT2D eigenvalue weighted by molar-refractivity contribution is 5.99. The van der Waals surface area contributed by atoms with E-state index in [9.17, 15) is 5.21 Å². The van der Waals surface area contributed by atoms with Crippen molar-refractivity contribution >= 4 is 11.5 Å². The first kappa shape index (κ1) is 13.3. The first-order chi connectivity index (χ1) is 9.06. The molecule has 1 heterocycles. The van der Waals surface area contributed by atoms with Gasteiger partial charge in [-0.3, -0.25) is 9.67 Å². The summed E-state index contributed by atoms with van der Waals surface area (Å²) >= 11 is 0. The van der Waals surface area contributed by atoms with E-state index in [0.717, 1.165) is 27.9 Å². The average Bonchev–Trinajstić information content (AvgIpc) is 2.77. The van der Waals surface area contributed by atoms with E-state index in [-0.39, 0.29) is 0 Å². The molecule has 0 saturated heterocycles. The molecular weight excluding hydrogens is 242 g/mol. The van der Waals surface area contributed by atoms with Crippen LogP contribution in [0.25, 0.3) is 11.1 Å². The van der Waals surface area contributed by atoms with Gasteiger partial charge in [-0.05, 0) is 18.6 Å². The Labute approximate surface area is 111 Å². The largest absolute Gasteiger partial charge is 0.384 e. The van der Waals surface area contributed by atoms with E-state index in [1.807, 2.05) is 30.8 Å². The number of nitrogens with two attached hydrogens (primary N) is 2. The summed E-state index contributed by atoms with van der Waals surface area (Å²) in [6, 6.07) is 5.62. The third-order valence-electron chi connectivity index (χ3n) is 3.19. The lowest BCUT2D eigenvalue weighted by Gasteiger charge is -2.06. The van der Waals surface area contributed by atoms with Gasteiger partial charge >= 0.3 is 0 Å². The smallest absolute Gasteiger partial charge is 0.163 e. The Morgan fingerprint density at radius 2 is 2.16 bits per heavy atom. The molecule has 0 saturated carbocycles. The SMILES string of the molecule is CN=C(N)c1cc([NH2+]O)cc(-c2cnn(C)c2C)c1. The monoisotopic (exact) mass is 260 g/mol. The van der Waals surface area contributed by atoms with Crippen LogP contribution >= 0.6 is 0 Å². The molecule has 2 aromatic rings. The summed E-state index contributed by atoms with van der Waals surface area (Å²) in [7, 11) is 3.53. The zero-order valence-electron chi connectivity index (χ0n) is 11.3. The van der Waals surface area contributed by atoms with Crippen LogP contribution in [0.3, 0.4) is 0 Å². The van der Waals surface area contributed by atoms with Gasteiger partial charge in [0.1, 0.15) is 5.84 Å². The summed E-state index contributed by atoms with van der Waals surface area (Å²) < 4.78 is 1.81. The molecule has 6 nitrogen and oxygen atoms in total. The summed E-state index contributed by atoms with van der Waals surface area (Å²) in [6.45, 7) is 1.99. The fraction of sp³-hybridized carbons (Fsp3) is 0.231. The van der Waals surface area contributed by atoms with Crippen molar-refractivity contribution in [2.24, 2.45) is 17.8 Å². The molecule has 0 aliphatic heterocycles. The van der Waals surface area contributed by atoms with Crippen LogP contribution < -0.4 is 11.2 Å². The summed E-state index contributed by atoms with van der Waals surface area (Å²) in [5, 5.41) is 13.5. The zero-order valence-corrected chi connectivity index (χ0v) is 11.3. The second-order valence-electron chi connectivity index (χ2n) is 4.35. The van der Waals surface area contributed by atoms with Gasteiger partial charge in [-0.25, -0.2) is 5.21 Å². The van der Waals surface area contributed by atoms with E-state index in [2.05, 4.69) is 10.1 Å². The summed E-state index contributed by atoms with van der Waals surface area (Å²) in [5.41, 5.74) is 11.4. The molecular formula is C13H18N5O+. The van der Waals surface area contributed by atoms with Gasteiger partial charge in [-0.1, -0.05) is 0 Å². The van der Waals surface area contributed by atoms with Crippen LogP contribution in [0.4, 0.5) is 5.69 Å². The van der Waals surface area contributed by atoms with E-state index in [1.165, 1.54) is 0 Å². The Bertz CT molecular complexity index is 630. The van der Waals surface area contributed by atoms with Gasteiger partial charge < -0.3 is 5.73 Å². The maximum absolute atomic E-state index is 9.24. The number of quaternary nitrogens is 1. The summed E-state index contributed by atoms with van der Waals surface area (Å²) in [4.78, 5) is 3.97. The Hall–Kier alpha value is -2.18. The highest BCUT2D eigenvalue weighted by Gasteiger charge is 2.11. The third-order valence-corrected chi connectivity index (χ3v) is 3.19. The molecule has 0 unspecified atom stereocenters. The van der Waals surface area contributed by atoms with E-state index < -0.39 is 0 Å². The standard InChI is InChI=1S/C13H17N5O/c1-8-12(7-16-18(8)3)9-4-10(13(14)15-2)6-11(5-9)17-19/h4-7,17,19H,1-3H3,(H2,14,15)/p+1. The molecule has 19 heavy (non-hydrogen) atoms. The summed E-state index contributed by atoms with van der Waals surface area (Å²) in [6.07, 6.45) is 1.80. The first-order valence-corrected chi connectivity index (χ1v) is 5.91. The molecule has 0 aliphatic carbocycles. The van der Waals surface area contributed by atoms with Crippen LogP contribution in [0, 0.1) is 6.92 Å². The minimum absolute atomic E-state index is 0.437. The first-order valence-electron chi connectivity index (χ1n) is 5.91. The quantitative estimate of drug-likeness (QED) is 0.321. The number of rotatable bonds is 3. The zero-order chi connectivity index (χ0) is 14.0. The topological polar surface area (TPSA) is 93.0 Å². The number of hydrogen-bond acceptors (Lipinski definition) is 3. The van der Waals surface area contributed by atoms with Crippen LogP contribution in [0.1, 0.15) is 11.3 Å². The number of amidine groups is 1. The molecule has 0 atom stereocenters. The van der Waals surface area contributed by atoms with Crippen molar-refractivity contribution in [1.29, 1.82) is 0 Å². The maximum atomic E-state index is 9.24. The van der Waals surface area contributed by atoms with Gasteiger partial charge in [0.25, 0.3) is 0 Å². The van der Waals surface area contributed by atoms with Crippen LogP contribution in [0.15, 0.2) is 29.4 Å². The molecule has 0 spiro atoms. The van der Waals surface area contributed by atoms with E-state index in [0.29, 0.717) is 11.5 Å². The molecule has 1 aromatic heterocycles. The number of aryl methyl sites for hydroxylation is 1. The number of aliphatic imine (C=N–C) groups is 1. The lowest BCUT2D eigenvalue weighted by Crippen LogP contribution is -2.73. The van der Waals surface area contributed by atoms with Crippen LogP contribution in [0.5, 0.6) is 0 Å². The van der Waals surface area contributed by atoms with Gasteiger partial charge in [0.15, 0.2) is 5.69 Å². The molecule has 100 valence electrons. The second kappa shape index (κ2) is 5.21. The molecule has 0 aliphatic rings. The molecule has 2 rings (SSSR count). The number of aromatic nitrogens is 2. The van der Waals surface area contributed by atoms with Crippen molar-refractivity contribution in [1.82, 2.24) is 9.78 Å². The lowest BCUT2D eigenvalue weighted by atomic mass is 10.0. The third kappa shape index (κ3) is 2.49. The van der Waals surface area contributed by atoms with Gasteiger partial charge in [0.2, 0.25) is 0 Å². The Morgan fingerprint density at radius 3 is 2.68 bits per heavy atom. The fourth-order valence-corrected chi connectivity index (χ4v) is 1.94. The van der Waals surface area contributed by atoms with Crippen LogP contribution in [-0.2, 0) is 7.05 Å². The Balaban J connectivity index is 2.60. The molecule has 5 N–H and O–H groups in total.